The molecule has 1 N–H and O–H groups in total. The third-order valence-corrected chi connectivity index (χ3v) is 4.00. The molecule has 0 bridgehead atoms. The Morgan fingerprint density at radius 2 is 1.94 bits per heavy atom. The minimum absolute atomic E-state index is 0.705. The fourth-order valence-corrected chi connectivity index (χ4v) is 2.97. The largest absolute Gasteiger partial charge is 0.494 e. The molecule has 0 heterocycles. The van der Waals surface area contributed by atoms with E-state index in [1.54, 1.807) is 0 Å². The molecule has 1 fully saturated rings. The highest BCUT2D eigenvalue weighted by Crippen LogP contribution is 2.44. The van der Waals surface area contributed by atoms with E-state index in [-0.39, 0.29) is 0 Å². The maximum absolute atomic E-state index is 5.48. The van der Waals surface area contributed by atoms with Gasteiger partial charge < -0.3 is 10.1 Å². The second-order valence-corrected chi connectivity index (χ2v) is 4.81. The van der Waals surface area contributed by atoms with Crippen LogP contribution >= 0.6 is 0 Å². The first kappa shape index (κ1) is 12.4. The van der Waals surface area contributed by atoms with Crippen LogP contribution in [0.25, 0.3) is 0 Å². The summed E-state index contributed by atoms with van der Waals surface area (Å²) in [4.78, 5) is 0. The number of hydrogen-bond donors (Lipinski definition) is 1. The van der Waals surface area contributed by atoms with Crippen molar-refractivity contribution in [1.82, 2.24) is 5.32 Å². The van der Waals surface area contributed by atoms with Crippen molar-refractivity contribution in [2.45, 2.75) is 38.6 Å². The summed E-state index contributed by atoms with van der Waals surface area (Å²) >= 11 is 0. The molecule has 2 rings (SSSR count). The Labute approximate surface area is 104 Å². The van der Waals surface area contributed by atoms with Crippen molar-refractivity contribution < 1.29 is 4.74 Å². The first-order valence-electron chi connectivity index (χ1n) is 6.70. The van der Waals surface area contributed by atoms with E-state index < -0.39 is 0 Å². The zero-order chi connectivity index (χ0) is 12.3. The van der Waals surface area contributed by atoms with Gasteiger partial charge in [0.2, 0.25) is 0 Å². The van der Waals surface area contributed by atoms with Crippen LogP contribution < -0.4 is 10.1 Å². The second kappa shape index (κ2) is 5.54. The molecule has 1 aromatic carbocycles. The lowest BCUT2D eigenvalue weighted by molar-refractivity contribution is 0.169. The van der Waals surface area contributed by atoms with E-state index in [4.69, 9.17) is 4.74 Å². The minimum atomic E-state index is 0.705. The van der Waals surface area contributed by atoms with Gasteiger partial charge in [-0.05, 0) is 49.9 Å². The van der Waals surface area contributed by atoms with E-state index in [0.717, 1.165) is 24.2 Å². The van der Waals surface area contributed by atoms with E-state index in [0.29, 0.717) is 6.04 Å². The quantitative estimate of drug-likeness (QED) is 0.843. The standard InChI is InChI=1S/C15H23NO/c1-4-13-14(10-15(13)16-3)11-6-8-12(9-7-11)17-5-2/h6-9,13-16H,4-5,10H2,1-3H3. The molecule has 2 heteroatoms. The maximum atomic E-state index is 5.48. The fraction of sp³-hybridized carbons (Fsp3) is 0.600. The van der Waals surface area contributed by atoms with Gasteiger partial charge in [0.15, 0.2) is 0 Å². The second-order valence-electron chi connectivity index (χ2n) is 4.81. The van der Waals surface area contributed by atoms with Crippen LogP contribution in [0.2, 0.25) is 0 Å². The van der Waals surface area contributed by atoms with Crippen LogP contribution in [0.4, 0.5) is 0 Å². The third kappa shape index (κ3) is 2.47. The van der Waals surface area contributed by atoms with Crippen LogP contribution in [0.5, 0.6) is 5.75 Å². The first-order chi connectivity index (χ1) is 8.30. The van der Waals surface area contributed by atoms with Gasteiger partial charge >= 0.3 is 0 Å². The minimum Gasteiger partial charge on any atom is -0.494 e. The van der Waals surface area contributed by atoms with Gasteiger partial charge in [-0.1, -0.05) is 25.5 Å². The van der Waals surface area contributed by atoms with Crippen molar-refractivity contribution in [2.24, 2.45) is 5.92 Å². The number of hydrogen-bond acceptors (Lipinski definition) is 2. The van der Waals surface area contributed by atoms with Crippen LogP contribution in [0.1, 0.15) is 38.2 Å². The zero-order valence-electron chi connectivity index (χ0n) is 11.1. The van der Waals surface area contributed by atoms with Gasteiger partial charge in [-0.3, -0.25) is 0 Å². The Morgan fingerprint density at radius 1 is 1.24 bits per heavy atom. The summed E-state index contributed by atoms with van der Waals surface area (Å²) in [7, 11) is 2.07. The van der Waals surface area contributed by atoms with Crippen molar-refractivity contribution >= 4 is 0 Å². The first-order valence-corrected chi connectivity index (χ1v) is 6.70. The molecule has 0 aromatic heterocycles. The zero-order valence-corrected chi connectivity index (χ0v) is 11.1. The molecule has 0 saturated heterocycles. The molecular formula is C15H23NO. The molecule has 1 aliphatic carbocycles. The average molecular weight is 233 g/mol. The Balaban J connectivity index is 2.03. The normalized spacial score (nSPS) is 27.6. The molecule has 3 atom stereocenters. The van der Waals surface area contributed by atoms with Gasteiger partial charge in [0.25, 0.3) is 0 Å². The molecule has 94 valence electrons. The van der Waals surface area contributed by atoms with Crippen molar-refractivity contribution in [3.05, 3.63) is 29.8 Å². The van der Waals surface area contributed by atoms with Gasteiger partial charge in [-0.2, -0.15) is 0 Å². The van der Waals surface area contributed by atoms with Gasteiger partial charge in [-0.25, -0.2) is 0 Å². The van der Waals surface area contributed by atoms with E-state index in [9.17, 15) is 0 Å². The predicted octanol–water partition coefficient (Wildman–Crippen LogP) is 3.19. The van der Waals surface area contributed by atoms with E-state index in [1.165, 1.54) is 18.4 Å². The van der Waals surface area contributed by atoms with Crippen molar-refractivity contribution in [2.75, 3.05) is 13.7 Å². The Bertz CT molecular complexity index is 346. The lowest BCUT2D eigenvalue weighted by atomic mass is 9.65. The summed E-state index contributed by atoms with van der Waals surface area (Å²) in [5.74, 6) is 2.50. The number of ether oxygens (including phenoxy) is 1. The van der Waals surface area contributed by atoms with E-state index in [1.807, 2.05) is 6.92 Å². The summed E-state index contributed by atoms with van der Waals surface area (Å²) in [6, 6.07) is 9.35. The molecule has 3 unspecified atom stereocenters. The fourth-order valence-electron chi connectivity index (χ4n) is 2.97. The molecule has 1 saturated carbocycles. The Hall–Kier alpha value is -1.02. The number of nitrogens with one attached hydrogen (secondary N) is 1. The SMILES string of the molecule is CCOc1ccc(C2CC(NC)C2CC)cc1. The van der Waals surface area contributed by atoms with Crippen LogP contribution in [0.15, 0.2) is 24.3 Å². The molecule has 0 radical (unpaired) electrons. The van der Waals surface area contributed by atoms with E-state index >= 15 is 0 Å². The molecule has 17 heavy (non-hydrogen) atoms. The molecule has 0 aliphatic heterocycles. The lowest BCUT2D eigenvalue weighted by Crippen LogP contribution is -2.47. The molecule has 1 aromatic rings. The molecule has 1 aliphatic rings. The van der Waals surface area contributed by atoms with Gasteiger partial charge in [0.05, 0.1) is 6.61 Å². The van der Waals surface area contributed by atoms with Gasteiger partial charge in [0, 0.05) is 6.04 Å². The van der Waals surface area contributed by atoms with Crippen molar-refractivity contribution in [3.8, 4) is 5.75 Å². The number of benzene rings is 1. The molecular weight excluding hydrogens is 210 g/mol. The lowest BCUT2D eigenvalue weighted by Gasteiger charge is -2.45. The smallest absolute Gasteiger partial charge is 0.119 e. The van der Waals surface area contributed by atoms with Crippen LogP contribution in [-0.4, -0.2) is 19.7 Å². The summed E-state index contributed by atoms with van der Waals surface area (Å²) in [6.45, 7) is 5.04. The number of rotatable bonds is 5. The summed E-state index contributed by atoms with van der Waals surface area (Å²) < 4.78 is 5.48. The van der Waals surface area contributed by atoms with Crippen LogP contribution in [0, 0.1) is 5.92 Å². The van der Waals surface area contributed by atoms with E-state index in [2.05, 4.69) is 43.6 Å². The van der Waals surface area contributed by atoms with Gasteiger partial charge in [0.1, 0.15) is 5.75 Å². The van der Waals surface area contributed by atoms with Crippen molar-refractivity contribution in [1.29, 1.82) is 0 Å². The Morgan fingerprint density at radius 3 is 2.47 bits per heavy atom. The molecule has 2 nitrogen and oxygen atoms in total. The predicted molar refractivity (Wildman–Crippen MR) is 71.6 cm³/mol. The van der Waals surface area contributed by atoms with Crippen LogP contribution in [0.3, 0.4) is 0 Å². The monoisotopic (exact) mass is 233 g/mol. The van der Waals surface area contributed by atoms with Crippen LogP contribution in [-0.2, 0) is 0 Å². The Kier molecular flexibility index (Phi) is 4.06. The highest BCUT2D eigenvalue weighted by Gasteiger charge is 2.39. The maximum Gasteiger partial charge on any atom is 0.119 e. The topological polar surface area (TPSA) is 21.3 Å². The van der Waals surface area contributed by atoms with Crippen molar-refractivity contribution in [3.63, 3.8) is 0 Å². The molecule has 0 amide bonds. The summed E-state index contributed by atoms with van der Waals surface area (Å²) in [6.07, 6.45) is 2.52. The highest BCUT2D eigenvalue weighted by atomic mass is 16.5. The average Bonchev–Trinajstić information content (AvgIpc) is 2.31. The summed E-state index contributed by atoms with van der Waals surface area (Å²) in [5, 5.41) is 3.41. The third-order valence-electron chi connectivity index (χ3n) is 4.00. The van der Waals surface area contributed by atoms with Gasteiger partial charge in [-0.15, -0.1) is 0 Å². The molecule has 0 spiro atoms. The highest BCUT2D eigenvalue weighted by molar-refractivity contribution is 5.31. The summed E-state index contributed by atoms with van der Waals surface area (Å²) in [5.41, 5.74) is 1.46.